The smallest absolute Gasteiger partial charge is 0.357 e. The topological polar surface area (TPSA) is 52.1 Å². The van der Waals surface area contributed by atoms with Gasteiger partial charge in [-0.3, -0.25) is 0 Å². The van der Waals surface area contributed by atoms with Crippen LogP contribution in [0.4, 0.5) is 0 Å². The highest BCUT2D eigenvalue weighted by atomic mass is 35.5. The summed E-state index contributed by atoms with van der Waals surface area (Å²) < 4.78 is 4.79. The van der Waals surface area contributed by atoms with Crippen LogP contribution in [-0.2, 0) is 11.2 Å². The van der Waals surface area contributed by atoms with E-state index in [2.05, 4.69) is 9.97 Å². The fourth-order valence-electron chi connectivity index (χ4n) is 0.956. The Kier molecular flexibility index (Phi) is 3.83. The lowest BCUT2D eigenvalue weighted by Gasteiger charge is -2.02. The highest BCUT2D eigenvalue weighted by Crippen LogP contribution is 2.07. The molecule has 0 saturated carbocycles. The van der Waals surface area contributed by atoms with Gasteiger partial charge in [0.15, 0.2) is 5.69 Å². The number of aromatic nitrogens is 2. The maximum atomic E-state index is 11.3. The zero-order valence-corrected chi connectivity index (χ0v) is 8.84. The highest BCUT2D eigenvalue weighted by Gasteiger charge is 2.10. The number of ether oxygens (including phenoxy) is 1. The number of halogens is 1. The summed E-state index contributed by atoms with van der Waals surface area (Å²) in [4.78, 5) is 19.0. The summed E-state index contributed by atoms with van der Waals surface area (Å²) >= 11 is 5.64. The predicted octanol–water partition coefficient (Wildman–Crippen LogP) is 1.87. The molecule has 0 aliphatic heterocycles. The Morgan fingerprint density at radius 2 is 2.21 bits per heavy atom. The molecule has 1 aromatic heterocycles. The van der Waals surface area contributed by atoms with Crippen LogP contribution >= 0.6 is 11.6 Å². The summed E-state index contributed by atoms with van der Waals surface area (Å²) in [5, 5.41) is 0.0763. The first kappa shape index (κ1) is 10.9. The molecule has 0 unspecified atom stereocenters. The largest absolute Gasteiger partial charge is 0.461 e. The Labute approximate surface area is 87.3 Å². The number of esters is 1. The number of hydrogen-bond donors (Lipinski definition) is 0. The Balaban J connectivity index is 2.96. The highest BCUT2D eigenvalue weighted by molar-refractivity contribution is 6.28. The molecule has 0 radical (unpaired) electrons. The molecule has 0 aliphatic carbocycles. The molecule has 0 aliphatic rings. The average Bonchev–Trinajstić information content (AvgIpc) is 2.17. The lowest BCUT2D eigenvalue weighted by atomic mass is 10.3. The predicted molar refractivity (Wildman–Crippen MR) is 52.4 cm³/mol. The number of nitrogens with zero attached hydrogens (tertiary/aromatic N) is 2. The van der Waals surface area contributed by atoms with Gasteiger partial charge in [-0.2, -0.15) is 0 Å². The molecule has 4 nitrogen and oxygen atoms in total. The third kappa shape index (κ3) is 2.67. The molecule has 0 amide bonds. The first-order valence-electron chi connectivity index (χ1n) is 4.38. The van der Waals surface area contributed by atoms with E-state index in [1.165, 1.54) is 0 Å². The summed E-state index contributed by atoms with van der Waals surface area (Å²) in [6, 6.07) is 1.59. The molecule has 0 saturated heterocycles. The van der Waals surface area contributed by atoms with Crippen LogP contribution in [0.5, 0.6) is 0 Å². The lowest BCUT2D eigenvalue weighted by molar-refractivity contribution is 0.0519. The first-order valence-corrected chi connectivity index (χ1v) is 4.75. The molecule has 0 atom stereocenters. The molecular weight excluding hydrogens is 204 g/mol. The van der Waals surface area contributed by atoms with E-state index < -0.39 is 5.97 Å². The van der Waals surface area contributed by atoms with Gasteiger partial charge in [0.25, 0.3) is 0 Å². The zero-order chi connectivity index (χ0) is 10.6. The van der Waals surface area contributed by atoms with Crippen molar-refractivity contribution in [2.45, 2.75) is 20.3 Å². The third-order valence-electron chi connectivity index (χ3n) is 1.60. The molecule has 0 spiro atoms. The van der Waals surface area contributed by atoms with E-state index in [4.69, 9.17) is 16.3 Å². The molecule has 76 valence electrons. The maximum absolute atomic E-state index is 11.3. The summed E-state index contributed by atoms with van der Waals surface area (Å²) in [5.41, 5.74) is 0.941. The monoisotopic (exact) mass is 214 g/mol. The molecule has 1 heterocycles. The summed E-state index contributed by atoms with van der Waals surface area (Å²) in [5.74, 6) is -0.466. The first-order chi connectivity index (χ1) is 6.67. The van der Waals surface area contributed by atoms with E-state index in [0.717, 1.165) is 5.69 Å². The van der Waals surface area contributed by atoms with E-state index in [1.54, 1.807) is 13.0 Å². The van der Waals surface area contributed by atoms with Gasteiger partial charge in [0.1, 0.15) is 0 Å². The molecule has 0 fully saturated rings. The average molecular weight is 215 g/mol. The van der Waals surface area contributed by atoms with E-state index in [0.29, 0.717) is 13.0 Å². The number of carbonyl (C=O) groups is 1. The fourth-order valence-corrected chi connectivity index (χ4v) is 1.16. The van der Waals surface area contributed by atoms with Gasteiger partial charge in [-0.1, -0.05) is 6.92 Å². The Hall–Kier alpha value is -1.16. The molecular formula is C9H11ClN2O2. The third-order valence-corrected chi connectivity index (χ3v) is 1.77. The van der Waals surface area contributed by atoms with Gasteiger partial charge in [-0.25, -0.2) is 14.8 Å². The molecule has 1 aromatic rings. The standard InChI is InChI=1S/C9H11ClN2O2/c1-3-6-5-7(8(13)14-4-2)12-9(10)11-6/h5H,3-4H2,1-2H3. The van der Waals surface area contributed by atoms with Crippen LogP contribution in [-0.4, -0.2) is 22.5 Å². The van der Waals surface area contributed by atoms with Crippen molar-refractivity contribution in [3.63, 3.8) is 0 Å². The van der Waals surface area contributed by atoms with Gasteiger partial charge < -0.3 is 4.74 Å². The number of hydrogen-bond acceptors (Lipinski definition) is 4. The maximum Gasteiger partial charge on any atom is 0.357 e. The van der Waals surface area contributed by atoms with Crippen molar-refractivity contribution in [1.82, 2.24) is 9.97 Å². The SMILES string of the molecule is CCOC(=O)c1cc(CC)nc(Cl)n1. The molecule has 14 heavy (non-hydrogen) atoms. The van der Waals surface area contributed by atoms with Crippen molar-refractivity contribution < 1.29 is 9.53 Å². The van der Waals surface area contributed by atoms with Crippen LogP contribution < -0.4 is 0 Å². The molecule has 5 heteroatoms. The molecule has 1 rings (SSSR count). The second kappa shape index (κ2) is 4.91. The van der Waals surface area contributed by atoms with Crippen molar-refractivity contribution in [1.29, 1.82) is 0 Å². The van der Waals surface area contributed by atoms with Gasteiger partial charge in [0.2, 0.25) is 5.28 Å². The normalized spacial score (nSPS) is 9.93. The second-order valence-corrected chi connectivity index (χ2v) is 2.93. The van der Waals surface area contributed by atoms with Crippen molar-refractivity contribution >= 4 is 17.6 Å². The number of carbonyl (C=O) groups excluding carboxylic acids is 1. The minimum atomic E-state index is -0.466. The van der Waals surface area contributed by atoms with Crippen LogP contribution in [0.2, 0.25) is 5.28 Å². The van der Waals surface area contributed by atoms with E-state index in [9.17, 15) is 4.79 Å². The van der Waals surface area contributed by atoms with Gasteiger partial charge >= 0.3 is 5.97 Å². The number of aryl methyl sites for hydroxylation is 1. The van der Waals surface area contributed by atoms with Crippen LogP contribution in [0.1, 0.15) is 30.0 Å². The summed E-state index contributed by atoms with van der Waals surface area (Å²) in [6.07, 6.45) is 0.703. The van der Waals surface area contributed by atoms with E-state index in [1.807, 2.05) is 6.92 Å². The zero-order valence-electron chi connectivity index (χ0n) is 8.08. The lowest BCUT2D eigenvalue weighted by Crippen LogP contribution is -2.09. The van der Waals surface area contributed by atoms with Crippen LogP contribution in [0.15, 0.2) is 6.07 Å². The minimum absolute atomic E-state index is 0.0763. The Morgan fingerprint density at radius 1 is 1.50 bits per heavy atom. The summed E-state index contributed by atoms with van der Waals surface area (Å²) in [7, 11) is 0. The van der Waals surface area contributed by atoms with Gasteiger partial charge in [0.05, 0.1) is 6.61 Å². The van der Waals surface area contributed by atoms with Crippen molar-refractivity contribution in [2.75, 3.05) is 6.61 Å². The summed E-state index contributed by atoms with van der Waals surface area (Å²) in [6.45, 7) is 3.98. The minimum Gasteiger partial charge on any atom is -0.461 e. The van der Waals surface area contributed by atoms with Crippen molar-refractivity contribution in [3.05, 3.63) is 22.7 Å². The van der Waals surface area contributed by atoms with Gasteiger partial charge in [0, 0.05) is 5.69 Å². The van der Waals surface area contributed by atoms with Crippen molar-refractivity contribution in [3.8, 4) is 0 Å². The van der Waals surface area contributed by atoms with E-state index >= 15 is 0 Å². The fraction of sp³-hybridized carbons (Fsp3) is 0.444. The number of rotatable bonds is 3. The van der Waals surface area contributed by atoms with Crippen molar-refractivity contribution in [2.24, 2.45) is 0 Å². The van der Waals surface area contributed by atoms with Crippen LogP contribution in [0, 0.1) is 0 Å². The van der Waals surface area contributed by atoms with Gasteiger partial charge in [-0.15, -0.1) is 0 Å². The van der Waals surface area contributed by atoms with Crippen LogP contribution in [0.25, 0.3) is 0 Å². The van der Waals surface area contributed by atoms with Crippen LogP contribution in [0.3, 0.4) is 0 Å². The Morgan fingerprint density at radius 3 is 2.79 bits per heavy atom. The molecule has 0 bridgehead atoms. The molecule has 0 aromatic carbocycles. The van der Waals surface area contributed by atoms with Gasteiger partial charge in [-0.05, 0) is 31.0 Å². The second-order valence-electron chi connectivity index (χ2n) is 2.59. The quantitative estimate of drug-likeness (QED) is 0.569. The Bertz CT molecular complexity index is 342. The van der Waals surface area contributed by atoms with E-state index in [-0.39, 0.29) is 11.0 Å². The molecule has 0 N–H and O–H groups in total.